The number of carboxylic acid groups (broad SMARTS) is 4. The number of pyridine rings is 2. The van der Waals surface area contributed by atoms with E-state index < -0.39 is 47.0 Å². The molecule has 60 heavy (non-hydrogen) atoms. The summed E-state index contributed by atoms with van der Waals surface area (Å²) in [5.41, 5.74) is 3.10. The molecule has 0 bridgehead atoms. The van der Waals surface area contributed by atoms with Crippen molar-refractivity contribution in [3.63, 3.8) is 0 Å². The third kappa shape index (κ3) is 23.8. The minimum absolute atomic E-state index is 0. The van der Waals surface area contributed by atoms with Crippen molar-refractivity contribution in [2.45, 2.75) is 13.8 Å². The minimum Gasteiger partial charge on any atom is -0.541 e. The first kappa shape index (κ1) is 54.9. The maximum absolute atomic E-state index is 10.7. The van der Waals surface area contributed by atoms with Crippen molar-refractivity contribution in [3.8, 4) is 0 Å². The molecule has 0 fully saturated rings. The molecule has 4 aromatic carbocycles. The number of rotatable bonds is 8. The zero-order valence-corrected chi connectivity index (χ0v) is 33.4. The Bertz CT molecular complexity index is 1930. The van der Waals surface area contributed by atoms with Gasteiger partial charge in [-0.25, -0.2) is 0 Å². The van der Waals surface area contributed by atoms with Crippen LogP contribution in [0, 0.1) is 13.8 Å². The number of aliphatic carboxylic acids is 4. The first-order valence-corrected chi connectivity index (χ1v) is 16.6. The summed E-state index contributed by atoms with van der Waals surface area (Å²) >= 11 is 0. The molecule has 0 unspecified atom stereocenters. The summed E-state index contributed by atoms with van der Waals surface area (Å²) in [5, 5.41) is 40.2. The van der Waals surface area contributed by atoms with Gasteiger partial charge >= 0.3 is 34.1 Å². The van der Waals surface area contributed by atoms with E-state index in [-0.39, 0.29) is 56.4 Å². The Morgan fingerprint density at radius 1 is 0.317 bits per heavy atom. The van der Waals surface area contributed by atoms with Crippen molar-refractivity contribution >= 4 is 47.0 Å². The van der Waals surface area contributed by atoms with Crippen molar-refractivity contribution < 1.29 is 92.9 Å². The molecule has 0 saturated carbocycles. The molecule has 6 aromatic rings. The monoisotopic (exact) mass is 908 g/mol. The first-order valence-electron chi connectivity index (χ1n) is 16.6. The summed E-state index contributed by atoms with van der Waals surface area (Å²) < 4.78 is 0. The number of Topliss-reactive ketones (excluding diaryl/α,β-unsaturated/α-hetero) is 4. The fraction of sp³-hybridized carbons (Fsp3) is 0.0455. The van der Waals surface area contributed by atoms with E-state index in [1.54, 1.807) is 97.6 Å². The Hall–Kier alpha value is -7.22. The fourth-order valence-corrected chi connectivity index (χ4v) is 3.68. The SMILES string of the molecule is Cc1ccncc1.Cc1ccncc1.O=C([O-])C(=O)c1ccccc1.O=C([O-])C(=O)c1ccccc1.O=C([O-])C(=O)c1ccccc1.O=C([O-])C(=O)c1ccccc1.[Cu+2].[Cu+2]. The molecule has 314 valence electrons. The van der Waals surface area contributed by atoms with Crippen LogP contribution in [0.1, 0.15) is 52.6 Å². The summed E-state index contributed by atoms with van der Waals surface area (Å²) in [4.78, 5) is 90.6. The van der Waals surface area contributed by atoms with E-state index in [0.717, 1.165) is 0 Å². The van der Waals surface area contributed by atoms with Crippen LogP contribution >= 0.6 is 0 Å². The normalized spacial score (nSPS) is 8.70. The Kier molecular flexibility index (Phi) is 29.1. The summed E-state index contributed by atoms with van der Waals surface area (Å²) in [5.74, 6) is -10.6. The minimum atomic E-state index is -1.67. The predicted molar refractivity (Wildman–Crippen MR) is 201 cm³/mol. The Morgan fingerprint density at radius 2 is 0.483 bits per heavy atom. The van der Waals surface area contributed by atoms with Gasteiger partial charge in [0.1, 0.15) is 23.9 Å². The van der Waals surface area contributed by atoms with Crippen LogP contribution < -0.4 is 20.4 Å². The number of carbonyl (C=O) groups excluding carboxylic acids is 8. The Balaban J connectivity index is 0. The van der Waals surface area contributed by atoms with Crippen LogP contribution in [0.3, 0.4) is 0 Å². The maximum atomic E-state index is 10.7. The van der Waals surface area contributed by atoms with Crippen LogP contribution in [0.2, 0.25) is 0 Å². The van der Waals surface area contributed by atoms with Crippen LogP contribution in [0.25, 0.3) is 0 Å². The van der Waals surface area contributed by atoms with E-state index in [4.69, 9.17) is 0 Å². The number of hydrogen-bond acceptors (Lipinski definition) is 14. The molecule has 2 aromatic heterocycles. The summed E-state index contributed by atoms with van der Waals surface area (Å²) in [7, 11) is 0. The number of ketones is 4. The van der Waals surface area contributed by atoms with E-state index in [0.29, 0.717) is 0 Å². The number of aryl methyl sites for hydroxylation is 2. The molecule has 6 rings (SSSR count). The fourth-order valence-electron chi connectivity index (χ4n) is 3.68. The molecule has 2 radical (unpaired) electrons. The van der Waals surface area contributed by atoms with E-state index in [1.807, 2.05) is 38.1 Å². The second-order valence-electron chi connectivity index (χ2n) is 11.0. The zero-order chi connectivity index (χ0) is 43.3. The molecular formula is C44H34Cu2N2O12. The van der Waals surface area contributed by atoms with Gasteiger partial charge in [0.2, 0.25) is 23.1 Å². The number of benzene rings is 4. The molecular weight excluding hydrogens is 876 g/mol. The molecule has 2 heterocycles. The van der Waals surface area contributed by atoms with Crippen molar-refractivity contribution in [2.24, 2.45) is 0 Å². The van der Waals surface area contributed by atoms with Gasteiger partial charge in [0.15, 0.2) is 0 Å². The quantitative estimate of drug-likeness (QED) is 0.118. The summed E-state index contributed by atoms with van der Waals surface area (Å²) in [6, 6.07) is 38.9. The van der Waals surface area contributed by atoms with Gasteiger partial charge in [-0.2, -0.15) is 0 Å². The smallest absolute Gasteiger partial charge is 0.541 e. The molecule has 0 amide bonds. The Labute approximate surface area is 365 Å². The van der Waals surface area contributed by atoms with Gasteiger partial charge in [0.05, 0.1) is 0 Å². The molecule has 0 aliphatic rings. The molecule has 0 aliphatic carbocycles. The van der Waals surface area contributed by atoms with Gasteiger partial charge in [0, 0.05) is 47.0 Å². The maximum Gasteiger partial charge on any atom is 2.00 e. The predicted octanol–water partition coefficient (Wildman–Crippen LogP) is 1.25. The average Bonchev–Trinajstić information content (AvgIpc) is 3.25. The molecule has 14 nitrogen and oxygen atoms in total. The van der Waals surface area contributed by atoms with Gasteiger partial charge in [-0.1, -0.05) is 121 Å². The number of aromatic nitrogens is 2. The van der Waals surface area contributed by atoms with E-state index >= 15 is 0 Å². The van der Waals surface area contributed by atoms with Crippen LogP contribution in [0.15, 0.2) is 170 Å². The number of carbonyl (C=O) groups is 8. The Morgan fingerprint density at radius 3 is 0.600 bits per heavy atom. The van der Waals surface area contributed by atoms with Crippen LogP contribution in [0.5, 0.6) is 0 Å². The molecule has 0 N–H and O–H groups in total. The zero-order valence-electron chi connectivity index (χ0n) is 31.6. The van der Waals surface area contributed by atoms with Crippen molar-refractivity contribution in [2.75, 3.05) is 0 Å². The summed E-state index contributed by atoms with van der Waals surface area (Å²) in [6.07, 6.45) is 7.15. The number of nitrogens with zero attached hydrogens (tertiary/aromatic N) is 2. The third-order valence-corrected chi connectivity index (χ3v) is 6.58. The number of carboxylic acids is 4. The van der Waals surface area contributed by atoms with Crippen LogP contribution in [0.4, 0.5) is 0 Å². The summed E-state index contributed by atoms with van der Waals surface area (Å²) in [6.45, 7) is 4.09. The third-order valence-electron chi connectivity index (χ3n) is 6.58. The van der Waals surface area contributed by atoms with Gasteiger partial charge in [0.25, 0.3) is 0 Å². The topological polar surface area (TPSA) is 255 Å². The van der Waals surface area contributed by atoms with Gasteiger partial charge in [-0.15, -0.1) is 0 Å². The van der Waals surface area contributed by atoms with Gasteiger partial charge < -0.3 is 39.6 Å². The van der Waals surface area contributed by atoms with Crippen molar-refractivity contribution in [1.82, 2.24) is 9.97 Å². The standard InChI is InChI=1S/4C8H6O3.2C6H7N.2Cu/c4*9-7(8(10)11)6-4-2-1-3-5-6;2*1-6-2-4-7-5-3-6;;/h4*1-5H,(H,10,11);2*2-5H,1H3;;/q;;;;;;2*+2/p-4. The average molecular weight is 910 g/mol. The van der Waals surface area contributed by atoms with E-state index in [2.05, 4.69) is 9.97 Å². The second-order valence-corrected chi connectivity index (χ2v) is 11.0. The van der Waals surface area contributed by atoms with Gasteiger partial charge in [-0.05, 0) is 49.2 Å². The molecule has 0 saturated heterocycles. The molecule has 0 aliphatic heterocycles. The van der Waals surface area contributed by atoms with E-state index in [1.165, 1.54) is 59.7 Å². The number of hydrogen-bond donors (Lipinski definition) is 0. The van der Waals surface area contributed by atoms with E-state index in [9.17, 15) is 58.8 Å². The van der Waals surface area contributed by atoms with Crippen molar-refractivity contribution in [3.05, 3.63) is 204 Å². The van der Waals surface area contributed by atoms with Gasteiger partial charge in [-0.3, -0.25) is 29.1 Å². The largest absolute Gasteiger partial charge is 2.00 e. The second kappa shape index (κ2) is 31.8. The van der Waals surface area contributed by atoms with Crippen LogP contribution in [-0.4, -0.2) is 57.0 Å². The molecule has 16 heteroatoms. The van der Waals surface area contributed by atoms with Crippen molar-refractivity contribution in [1.29, 1.82) is 0 Å². The first-order chi connectivity index (χ1) is 27.6. The molecule has 0 atom stereocenters. The molecule has 0 spiro atoms. The van der Waals surface area contributed by atoms with Crippen LogP contribution in [-0.2, 0) is 53.3 Å².